The summed E-state index contributed by atoms with van der Waals surface area (Å²) in [5.74, 6) is 0. The molecule has 62 valence electrons. The molecule has 0 aromatic carbocycles. The van der Waals surface area contributed by atoms with Crippen LogP contribution in [0.5, 0.6) is 0 Å². The Hall–Kier alpha value is 1.55. The summed E-state index contributed by atoms with van der Waals surface area (Å²) in [5.41, 5.74) is 0.0995. The largest absolute Gasteiger partial charge is 0.337 e. The SMILES string of the molecule is CC(C)[Si](Cl)(Cl)[Si](N)(Cl)Cl. The lowest BCUT2D eigenvalue weighted by Gasteiger charge is -2.26. The molecule has 0 saturated carbocycles. The molecule has 0 aromatic rings. The van der Waals surface area contributed by atoms with Gasteiger partial charge in [0.1, 0.15) is 0 Å². The van der Waals surface area contributed by atoms with Gasteiger partial charge in [0.05, 0.1) is 0 Å². The summed E-state index contributed by atoms with van der Waals surface area (Å²) in [6.45, 7) is 3.76. The first-order valence-electron chi connectivity index (χ1n) is 2.74. The first-order valence-corrected chi connectivity index (χ1v) is 11.9. The van der Waals surface area contributed by atoms with Gasteiger partial charge >= 0.3 is 6.37 Å². The summed E-state index contributed by atoms with van der Waals surface area (Å²) in [6.07, 6.45) is -5.42. The topological polar surface area (TPSA) is 26.0 Å². The maximum Gasteiger partial charge on any atom is 0.337 e. The number of halogens is 4. The first kappa shape index (κ1) is 11.6. The molecule has 0 amide bonds. The van der Waals surface area contributed by atoms with Crippen LogP contribution in [0, 0.1) is 0 Å². The summed E-state index contributed by atoms with van der Waals surface area (Å²) in [6, 6.07) is 0. The van der Waals surface area contributed by atoms with Gasteiger partial charge in [-0.3, -0.25) is 0 Å². The van der Waals surface area contributed by atoms with Crippen molar-refractivity contribution in [3.63, 3.8) is 0 Å². The van der Waals surface area contributed by atoms with Crippen LogP contribution in [0.15, 0.2) is 0 Å². The van der Waals surface area contributed by atoms with Gasteiger partial charge in [0.2, 0.25) is 0 Å². The van der Waals surface area contributed by atoms with Gasteiger partial charge in [-0.2, -0.15) is 0 Å². The minimum absolute atomic E-state index is 0.0995. The molecule has 0 rings (SSSR count). The fraction of sp³-hybridized carbons (Fsp3) is 1.00. The van der Waals surface area contributed by atoms with Crippen molar-refractivity contribution in [2.75, 3.05) is 0 Å². The first-order chi connectivity index (χ1) is 4.19. The van der Waals surface area contributed by atoms with Crippen LogP contribution in [0.4, 0.5) is 0 Å². The van der Waals surface area contributed by atoms with Crippen LogP contribution in [-0.2, 0) is 0 Å². The van der Waals surface area contributed by atoms with Crippen molar-refractivity contribution in [3.8, 4) is 0 Å². The highest BCUT2D eigenvalue weighted by Gasteiger charge is 2.53. The van der Waals surface area contributed by atoms with Gasteiger partial charge in [0.25, 0.3) is 6.21 Å². The smallest absolute Gasteiger partial charge is 0.328 e. The Morgan fingerprint density at radius 1 is 1.10 bits per heavy atom. The molecule has 1 nitrogen and oxygen atoms in total. The molecule has 0 radical (unpaired) electrons. The molecule has 0 heterocycles. The lowest BCUT2D eigenvalue weighted by molar-refractivity contribution is 1.06. The van der Waals surface area contributed by atoms with Crippen molar-refractivity contribution in [1.29, 1.82) is 0 Å². The molecule has 0 aliphatic heterocycles. The van der Waals surface area contributed by atoms with Crippen LogP contribution in [0.2, 0.25) is 5.54 Å². The monoisotopic (exact) mass is 255 g/mol. The Bertz CT molecular complexity index is 120. The van der Waals surface area contributed by atoms with Crippen molar-refractivity contribution in [2.24, 2.45) is 5.40 Å². The van der Waals surface area contributed by atoms with Gasteiger partial charge in [0, 0.05) is 0 Å². The molecule has 0 fully saturated rings. The highest BCUT2D eigenvalue weighted by Crippen LogP contribution is 2.38. The van der Waals surface area contributed by atoms with Gasteiger partial charge in [-0.25, -0.2) is 0 Å². The second-order valence-corrected chi connectivity index (χ2v) is 22.9. The summed E-state index contributed by atoms with van der Waals surface area (Å²) in [4.78, 5) is 0. The van der Waals surface area contributed by atoms with Crippen molar-refractivity contribution in [1.82, 2.24) is 0 Å². The van der Waals surface area contributed by atoms with E-state index in [1.807, 2.05) is 13.8 Å². The van der Waals surface area contributed by atoms with Crippen molar-refractivity contribution in [2.45, 2.75) is 19.4 Å². The third kappa shape index (κ3) is 2.55. The Morgan fingerprint density at radius 2 is 1.40 bits per heavy atom. The molecular formula is C3H9Cl4NSi2. The second-order valence-electron chi connectivity index (χ2n) is 2.40. The predicted octanol–water partition coefficient (Wildman–Crippen LogP) is 2.77. The summed E-state index contributed by atoms with van der Waals surface area (Å²) >= 11 is 23.2. The third-order valence-electron chi connectivity index (χ3n) is 1.17. The third-order valence-corrected chi connectivity index (χ3v) is 24.7. The van der Waals surface area contributed by atoms with Crippen LogP contribution < -0.4 is 5.40 Å². The van der Waals surface area contributed by atoms with E-state index in [-0.39, 0.29) is 5.54 Å². The van der Waals surface area contributed by atoms with E-state index in [9.17, 15) is 0 Å². The number of nitrogens with two attached hydrogens (primary N) is 1. The second kappa shape index (κ2) is 3.52. The molecule has 0 saturated heterocycles. The normalized spacial score (nSPS) is 14.4. The van der Waals surface area contributed by atoms with E-state index in [4.69, 9.17) is 49.7 Å². The lowest BCUT2D eigenvalue weighted by atomic mass is 10.6. The molecule has 0 aliphatic rings. The molecule has 2 N–H and O–H groups in total. The Balaban J connectivity index is 4.40. The number of hydrogen-bond donors (Lipinski definition) is 1. The maximum absolute atomic E-state index is 5.92. The molecule has 0 unspecified atom stereocenters. The highest BCUT2D eigenvalue weighted by molar-refractivity contribution is 7.92. The van der Waals surface area contributed by atoms with Crippen LogP contribution in [0.1, 0.15) is 13.8 Å². The zero-order chi connectivity index (χ0) is 8.58. The summed E-state index contributed by atoms with van der Waals surface area (Å²) in [7, 11) is 0. The van der Waals surface area contributed by atoms with E-state index in [2.05, 4.69) is 0 Å². The summed E-state index contributed by atoms with van der Waals surface area (Å²) in [5, 5.41) is 5.48. The molecule has 0 aliphatic carbocycles. The van der Waals surface area contributed by atoms with E-state index in [1.165, 1.54) is 0 Å². The zero-order valence-electron chi connectivity index (χ0n) is 5.67. The fourth-order valence-corrected chi connectivity index (χ4v) is 7.39. The van der Waals surface area contributed by atoms with E-state index in [0.717, 1.165) is 0 Å². The van der Waals surface area contributed by atoms with Gasteiger partial charge in [-0.1, -0.05) is 13.8 Å². The molecular weight excluding hydrogens is 248 g/mol. The van der Waals surface area contributed by atoms with Crippen LogP contribution in [0.3, 0.4) is 0 Å². The van der Waals surface area contributed by atoms with Gasteiger partial charge < -0.3 is 5.40 Å². The van der Waals surface area contributed by atoms with Crippen LogP contribution >= 0.6 is 44.3 Å². The average molecular weight is 257 g/mol. The molecule has 0 aromatic heterocycles. The minimum atomic E-state index is -2.83. The number of rotatable bonds is 2. The quantitative estimate of drug-likeness (QED) is 0.597. The zero-order valence-corrected chi connectivity index (χ0v) is 10.7. The predicted molar refractivity (Wildman–Crippen MR) is 54.2 cm³/mol. The number of hydrogen-bond acceptors (Lipinski definition) is 1. The van der Waals surface area contributed by atoms with Crippen LogP contribution in [0.25, 0.3) is 0 Å². The molecule has 0 atom stereocenters. The van der Waals surface area contributed by atoms with E-state index in [0.29, 0.717) is 0 Å². The Kier molecular flexibility index (Phi) is 4.06. The van der Waals surface area contributed by atoms with Gasteiger partial charge in [0.15, 0.2) is 0 Å². The van der Waals surface area contributed by atoms with E-state index in [1.54, 1.807) is 0 Å². The average Bonchev–Trinajstić information content (AvgIpc) is 1.62. The highest BCUT2D eigenvalue weighted by atomic mass is 35.8. The molecule has 0 spiro atoms. The van der Waals surface area contributed by atoms with Crippen molar-refractivity contribution < 1.29 is 0 Å². The van der Waals surface area contributed by atoms with Gasteiger partial charge in [-0.05, 0) is 5.54 Å². The minimum Gasteiger partial charge on any atom is -0.328 e. The Morgan fingerprint density at radius 3 is 1.40 bits per heavy atom. The summed E-state index contributed by atoms with van der Waals surface area (Å²) < 4.78 is 0. The van der Waals surface area contributed by atoms with E-state index >= 15 is 0 Å². The van der Waals surface area contributed by atoms with Crippen molar-refractivity contribution >= 4 is 56.9 Å². The lowest BCUT2D eigenvalue weighted by Crippen LogP contribution is -2.56. The molecule has 7 heteroatoms. The molecule has 0 bridgehead atoms. The van der Waals surface area contributed by atoms with Gasteiger partial charge in [-0.15, -0.1) is 44.3 Å². The maximum atomic E-state index is 5.92. The van der Waals surface area contributed by atoms with E-state index < -0.39 is 12.6 Å². The van der Waals surface area contributed by atoms with Crippen molar-refractivity contribution in [3.05, 3.63) is 0 Å². The standard InChI is InChI=1S/C3H9Cl4NSi2/c1-3(2)9(4,5)10(6,7)8/h3H,8H2,1-2H3. The molecule has 10 heavy (non-hydrogen) atoms. The fourth-order valence-electron chi connectivity index (χ4n) is 0.385. The van der Waals surface area contributed by atoms with Crippen LogP contribution in [-0.4, -0.2) is 12.6 Å². The Labute approximate surface area is 81.5 Å².